The fraction of sp³-hybridized carbons (Fsp3) is 0.350. The molecule has 26 heavy (non-hydrogen) atoms. The van der Waals surface area contributed by atoms with E-state index in [1.54, 1.807) is 6.92 Å². The minimum absolute atomic E-state index is 0.181. The maximum Gasteiger partial charge on any atom is 0.191 e. The molecule has 0 radical (unpaired) electrons. The van der Waals surface area contributed by atoms with Gasteiger partial charge in [-0.2, -0.15) is 0 Å². The van der Waals surface area contributed by atoms with Crippen molar-refractivity contribution in [2.45, 2.75) is 25.9 Å². The molecule has 0 aliphatic heterocycles. The summed E-state index contributed by atoms with van der Waals surface area (Å²) in [5.41, 5.74) is 0.270. The van der Waals surface area contributed by atoms with E-state index in [-0.39, 0.29) is 6.54 Å². The Bertz CT molecular complexity index is 713. The van der Waals surface area contributed by atoms with Crippen LogP contribution in [0.3, 0.4) is 0 Å². The summed E-state index contributed by atoms with van der Waals surface area (Å²) >= 11 is 0. The van der Waals surface area contributed by atoms with Gasteiger partial charge in [-0.15, -0.1) is 0 Å². The van der Waals surface area contributed by atoms with Gasteiger partial charge in [0.25, 0.3) is 0 Å². The third-order valence-corrected chi connectivity index (χ3v) is 3.91. The molecule has 6 heteroatoms. The van der Waals surface area contributed by atoms with Gasteiger partial charge in [-0.1, -0.05) is 30.3 Å². The summed E-state index contributed by atoms with van der Waals surface area (Å²) in [5.74, 6) is -0.625. The fourth-order valence-electron chi connectivity index (χ4n) is 2.54. The Morgan fingerprint density at radius 1 is 1.08 bits per heavy atom. The maximum atomic E-state index is 13.2. The van der Waals surface area contributed by atoms with Gasteiger partial charge in [-0.05, 0) is 43.5 Å². The molecule has 0 fully saturated rings. The van der Waals surface area contributed by atoms with Gasteiger partial charge in [-0.25, -0.2) is 13.8 Å². The van der Waals surface area contributed by atoms with Crippen LogP contribution in [-0.2, 0) is 12.0 Å². The van der Waals surface area contributed by atoms with Crippen LogP contribution in [0.5, 0.6) is 0 Å². The van der Waals surface area contributed by atoms with Crippen molar-refractivity contribution in [2.24, 2.45) is 4.99 Å². The van der Waals surface area contributed by atoms with Crippen molar-refractivity contribution in [1.82, 2.24) is 10.6 Å². The van der Waals surface area contributed by atoms with Crippen LogP contribution in [0, 0.1) is 11.6 Å². The number of hydrogen-bond acceptors (Lipinski definition) is 2. The van der Waals surface area contributed by atoms with Gasteiger partial charge in [0.15, 0.2) is 5.96 Å². The van der Waals surface area contributed by atoms with Crippen LogP contribution < -0.4 is 10.6 Å². The molecule has 1 unspecified atom stereocenters. The zero-order chi connectivity index (χ0) is 19.0. The van der Waals surface area contributed by atoms with Gasteiger partial charge in [0, 0.05) is 19.2 Å². The molecule has 2 aromatic carbocycles. The largest absolute Gasteiger partial charge is 0.384 e. The van der Waals surface area contributed by atoms with Crippen LogP contribution in [0.1, 0.15) is 25.0 Å². The van der Waals surface area contributed by atoms with E-state index in [0.29, 0.717) is 31.0 Å². The number of aliphatic hydroxyl groups is 1. The van der Waals surface area contributed by atoms with Crippen LogP contribution in [0.2, 0.25) is 0 Å². The number of halogens is 2. The van der Waals surface area contributed by atoms with E-state index >= 15 is 0 Å². The monoisotopic (exact) mass is 361 g/mol. The number of nitrogens with zero attached hydrogens (tertiary/aromatic N) is 1. The third-order valence-electron chi connectivity index (χ3n) is 3.91. The number of benzene rings is 2. The molecule has 4 nitrogen and oxygen atoms in total. The Morgan fingerprint density at radius 3 is 2.35 bits per heavy atom. The van der Waals surface area contributed by atoms with Gasteiger partial charge in [-0.3, -0.25) is 0 Å². The second-order valence-electron chi connectivity index (χ2n) is 6.29. The predicted molar refractivity (Wildman–Crippen MR) is 100 cm³/mol. The van der Waals surface area contributed by atoms with E-state index in [9.17, 15) is 13.9 Å². The molecule has 0 spiro atoms. The quantitative estimate of drug-likeness (QED) is 0.525. The van der Waals surface area contributed by atoms with Crippen LogP contribution in [0.25, 0.3) is 0 Å². The number of nitrogens with one attached hydrogen (secondary N) is 2. The number of guanidine groups is 1. The molecule has 0 bridgehead atoms. The molecule has 0 aromatic heterocycles. The Kier molecular flexibility index (Phi) is 7.09. The van der Waals surface area contributed by atoms with Crippen molar-refractivity contribution >= 4 is 5.96 Å². The van der Waals surface area contributed by atoms with Gasteiger partial charge in [0.1, 0.15) is 17.2 Å². The summed E-state index contributed by atoms with van der Waals surface area (Å²) in [6.07, 6.45) is 0.453. The highest BCUT2D eigenvalue weighted by Gasteiger charge is 2.22. The van der Waals surface area contributed by atoms with E-state index in [1.165, 1.54) is 12.1 Å². The molecule has 0 amide bonds. The standard InChI is InChI=1S/C20H25F2N3O/c1-3-23-19(24-10-9-15-11-17(21)13-18(22)12-15)25-14-20(2,26)16-7-5-4-6-8-16/h4-8,11-13,26H,3,9-10,14H2,1-2H3,(H2,23,24,25). The first kappa shape index (κ1) is 19.8. The molecule has 0 aliphatic rings. The van der Waals surface area contributed by atoms with Crippen molar-refractivity contribution in [2.75, 3.05) is 19.6 Å². The first-order valence-electron chi connectivity index (χ1n) is 8.66. The molecule has 3 N–H and O–H groups in total. The maximum absolute atomic E-state index is 13.2. The summed E-state index contributed by atoms with van der Waals surface area (Å²) in [4.78, 5) is 4.42. The highest BCUT2D eigenvalue weighted by Crippen LogP contribution is 2.20. The molecule has 1 atom stereocenters. The average molecular weight is 361 g/mol. The normalized spacial score (nSPS) is 14.0. The van der Waals surface area contributed by atoms with Crippen molar-refractivity contribution in [3.05, 3.63) is 71.3 Å². The van der Waals surface area contributed by atoms with E-state index in [0.717, 1.165) is 11.6 Å². The third kappa shape index (κ3) is 6.11. The summed E-state index contributed by atoms with van der Waals surface area (Å²) in [6.45, 7) is 4.95. The van der Waals surface area contributed by atoms with Gasteiger partial charge in [0.05, 0.1) is 6.54 Å². The van der Waals surface area contributed by atoms with Gasteiger partial charge in [0.2, 0.25) is 0 Å². The Balaban J connectivity index is 1.96. The summed E-state index contributed by atoms with van der Waals surface area (Å²) in [7, 11) is 0. The Hall–Kier alpha value is -2.47. The second kappa shape index (κ2) is 9.29. The molecule has 0 heterocycles. The van der Waals surface area contributed by atoms with Crippen molar-refractivity contribution in [1.29, 1.82) is 0 Å². The van der Waals surface area contributed by atoms with Gasteiger partial charge >= 0.3 is 0 Å². The zero-order valence-corrected chi connectivity index (χ0v) is 15.1. The van der Waals surface area contributed by atoms with Crippen molar-refractivity contribution < 1.29 is 13.9 Å². The van der Waals surface area contributed by atoms with E-state index in [1.807, 2.05) is 37.3 Å². The van der Waals surface area contributed by atoms with E-state index in [2.05, 4.69) is 15.6 Å². The number of rotatable bonds is 7. The van der Waals surface area contributed by atoms with Crippen LogP contribution in [0.4, 0.5) is 8.78 Å². The molecular formula is C20H25F2N3O. The molecule has 0 aliphatic carbocycles. The lowest BCUT2D eigenvalue weighted by molar-refractivity contribution is 0.0672. The van der Waals surface area contributed by atoms with E-state index in [4.69, 9.17) is 0 Å². The summed E-state index contributed by atoms with van der Waals surface area (Å²) in [5, 5.41) is 16.8. The molecule has 2 rings (SSSR count). The minimum atomic E-state index is -1.09. The lowest BCUT2D eigenvalue weighted by Gasteiger charge is -2.22. The summed E-state index contributed by atoms with van der Waals surface area (Å²) < 4.78 is 26.4. The van der Waals surface area contributed by atoms with Crippen molar-refractivity contribution in [3.8, 4) is 0 Å². The molecule has 0 saturated carbocycles. The SMILES string of the molecule is CCNC(=NCC(C)(O)c1ccccc1)NCCc1cc(F)cc(F)c1. The van der Waals surface area contributed by atoms with Crippen molar-refractivity contribution in [3.63, 3.8) is 0 Å². The number of aliphatic imine (C=N–C) groups is 1. The lowest BCUT2D eigenvalue weighted by atomic mass is 9.96. The molecule has 140 valence electrons. The van der Waals surface area contributed by atoms with E-state index < -0.39 is 17.2 Å². The minimum Gasteiger partial charge on any atom is -0.384 e. The average Bonchev–Trinajstić information content (AvgIpc) is 2.60. The van der Waals surface area contributed by atoms with Crippen LogP contribution in [-0.4, -0.2) is 30.7 Å². The first-order valence-corrected chi connectivity index (χ1v) is 8.66. The topological polar surface area (TPSA) is 56.7 Å². The fourth-order valence-corrected chi connectivity index (χ4v) is 2.54. The number of hydrogen-bond donors (Lipinski definition) is 3. The molecule has 0 saturated heterocycles. The Labute approximate surface area is 153 Å². The zero-order valence-electron chi connectivity index (χ0n) is 15.1. The second-order valence-corrected chi connectivity index (χ2v) is 6.29. The van der Waals surface area contributed by atoms with Crippen LogP contribution >= 0.6 is 0 Å². The smallest absolute Gasteiger partial charge is 0.191 e. The lowest BCUT2D eigenvalue weighted by Crippen LogP contribution is -2.39. The first-order chi connectivity index (χ1) is 12.4. The molecule has 2 aromatic rings. The van der Waals surface area contributed by atoms with Crippen LogP contribution in [0.15, 0.2) is 53.5 Å². The summed E-state index contributed by atoms with van der Waals surface area (Å²) in [6, 6.07) is 12.8. The predicted octanol–water partition coefficient (Wildman–Crippen LogP) is 2.97. The molecular weight excluding hydrogens is 336 g/mol. The van der Waals surface area contributed by atoms with Gasteiger partial charge < -0.3 is 15.7 Å². The highest BCUT2D eigenvalue weighted by atomic mass is 19.1. The highest BCUT2D eigenvalue weighted by molar-refractivity contribution is 5.79. The Morgan fingerprint density at radius 2 is 1.73 bits per heavy atom.